The lowest BCUT2D eigenvalue weighted by Crippen LogP contribution is -2.28. The first kappa shape index (κ1) is 15.0. The second kappa shape index (κ2) is 7.38. The molecular formula is C13H18F3NO. The Balaban J connectivity index is 2.58. The number of benzene rings is 1. The summed E-state index contributed by atoms with van der Waals surface area (Å²) >= 11 is 0. The third kappa shape index (κ3) is 6.02. The van der Waals surface area contributed by atoms with Crippen molar-refractivity contribution in [3.8, 4) is 0 Å². The van der Waals surface area contributed by atoms with E-state index >= 15 is 0 Å². The Labute approximate surface area is 105 Å². The third-order valence-corrected chi connectivity index (χ3v) is 2.55. The summed E-state index contributed by atoms with van der Waals surface area (Å²) in [6, 6.07) is 8.01. The van der Waals surface area contributed by atoms with Gasteiger partial charge in [0.05, 0.1) is 6.42 Å². The van der Waals surface area contributed by atoms with E-state index in [-0.39, 0.29) is 0 Å². The SMILES string of the molecule is COCCCNC(CC(F)(F)F)c1ccccc1. The summed E-state index contributed by atoms with van der Waals surface area (Å²) in [7, 11) is 1.57. The molecule has 0 aliphatic heterocycles. The quantitative estimate of drug-likeness (QED) is 0.760. The average Bonchev–Trinajstić information content (AvgIpc) is 2.33. The highest BCUT2D eigenvalue weighted by molar-refractivity contribution is 5.19. The maximum Gasteiger partial charge on any atom is 0.390 e. The van der Waals surface area contributed by atoms with E-state index in [4.69, 9.17) is 4.74 Å². The van der Waals surface area contributed by atoms with Crippen molar-refractivity contribution in [2.24, 2.45) is 0 Å². The minimum atomic E-state index is -4.17. The molecule has 0 aromatic heterocycles. The van der Waals surface area contributed by atoms with Crippen LogP contribution in [0.2, 0.25) is 0 Å². The molecule has 0 spiro atoms. The van der Waals surface area contributed by atoms with E-state index in [0.29, 0.717) is 25.1 Å². The molecule has 1 atom stereocenters. The average molecular weight is 261 g/mol. The van der Waals surface area contributed by atoms with Gasteiger partial charge in [-0.05, 0) is 18.5 Å². The zero-order valence-corrected chi connectivity index (χ0v) is 10.3. The first-order chi connectivity index (χ1) is 8.53. The lowest BCUT2D eigenvalue weighted by molar-refractivity contribution is -0.140. The van der Waals surface area contributed by atoms with Crippen LogP contribution in [-0.2, 0) is 4.74 Å². The highest BCUT2D eigenvalue weighted by Gasteiger charge is 2.32. The molecule has 0 saturated carbocycles. The first-order valence-corrected chi connectivity index (χ1v) is 5.87. The Bertz CT molecular complexity index is 327. The number of ether oxygens (including phenoxy) is 1. The van der Waals surface area contributed by atoms with E-state index in [2.05, 4.69) is 5.32 Å². The number of halogens is 3. The van der Waals surface area contributed by atoms with Gasteiger partial charge in [0, 0.05) is 19.8 Å². The number of methoxy groups -OCH3 is 1. The molecule has 1 unspecified atom stereocenters. The van der Waals surface area contributed by atoms with Crippen LogP contribution in [0.3, 0.4) is 0 Å². The van der Waals surface area contributed by atoms with Crippen LogP contribution in [0.4, 0.5) is 13.2 Å². The minimum absolute atomic E-state index is 0.503. The lowest BCUT2D eigenvalue weighted by Gasteiger charge is -2.20. The monoisotopic (exact) mass is 261 g/mol. The van der Waals surface area contributed by atoms with Crippen LogP contribution in [-0.4, -0.2) is 26.4 Å². The summed E-state index contributed by atoms with van der Waals surface area (Å²) in [5.74, 6) is 0. The Kier molecular flexibility index (Phi) is 6.15. The van der Waals surface area contributed by atoms with Gasteiger partial charge in [-0.1, -0.05) is 30.3 Å². The molecule has 2 nitrogen and oxygen atoms in total. The maximum absolute atomic E-state index is 12.5. The van der Waals surface area contributed by atoms with Crippen molar-refractivity contribution in [2.75, 3.05) is 20.3 Å². The van der Waals surface area contributed by atoms with Crippen molar-refractivity contribution in [3.63, 3.8) is 0 Å². The standard InChI is InChI=1S/C13H18F3NO/c1-18-9-5-8-17-12(10-13(14,15)16)11-6-3-2-4-7-11/h2-4,6-7,12,17H,5,8-10H2,1H3. The lowest BCUT2D eigenvalue weighted by atomic mass is 10.0. The zero-order valence-electron chi connectivity index (χ0n) is 10.3. The van der Waals surface area contributed by atoms with Gasteiger partial charge in [-0.2, -0.15) is 13.2 Å². The second-order valence-corrected chi connectivity index (χ2v) is 4.08. The van der Waals surface area contributed by atoms with Crippen molar-refractivity contribution in [1.29, 1.82) is 0 Å². The number of rotatable bonds is 7. The molecule has 5 heteroatoms. The predicted molar refractivity (Wildman–Crippen MR) is 64.4 cm³/mol. The molecule has 1 aromatic rings. The van der Waals surface area contributed by atoms with Gasteiger partial charge in [0.25, 0.3) is 0 Å². The Morgan fingerprint density at radius 3 is 2.44 bits per heavy atom. The summed E-state index contributed by atoms with van der Waals surface area (Å²) in [6.45, 7) is 1.05. The Hall–Kier alpha value is -1.07. The van der Waals surface area contributed by atoms with Crippen molar-refractivity contribution in [2.45, 2.75) is 25.1 Å². The van der Waals surface area contributed by atoms with Crippen molar-refractivity contribution >= 4 is 0 Å². The van der Waals surface area contributed by atoms with Crippen LogP contribution in [0.25, 0.3) is 0 Å². The molecule has 0 fully saturated rings. The highest BCUT2D eigenvalue weighted by Crippen LogP contribution is 2.29. The van der Waals surface area contributed by atoms with Crippen LogP contribution in [0.5, 0.6) is 0 Å². The van der Waals surface area contributed by atoms with E-state index < -0.39 is 18.6 Å². The van der Waals surface area contributed by atoms with Gasteiger partial charge in [0.2, 0.25) is 0 Å². The fraction of sp³-hybridized carbons (Fsp3) is 0.538. The molecule has 102 valence electrons. The minimum Gasteiger partial charge on any atom is -0.385 e. The van der Waals surface area contributed by atoms with Gasteiger partial charge >= 0.3 is 6.18 Å². The molecule has 1 N–H and O–H groups in total. The third-order valence-electron chi connectivity index (χ3n) is 2.55. The number of alkyl halides is 3. The molecule has 0 aliphatic carbocycles. The summed E-state index contributed by atoms with van der Waals surface area (Å²) in [5, 5.41) is 2.93. The number of hydrogen-bond donors (Lipinski definition) is 1. The second-order valence-electron chi connectivity index (χ2n) is 4.08. The molecular weight excluding hydrogens is 243 g/mol. The first-order valence-electron chi connectivity index (χ1n) is 5.87. The topological polar surface area (TPSA) is 21.3 Å². The van der Waals surface area contributed by atoms with Gasteiger partial charge in [-0.25, -0.2) is 0 Å². The van der Waals surface area contributed by atoms with Crippen molar-refractivity contribution in [3.05, 3.63) is 35.9 Å². The van der Waals surface area contributed by atoms with E-state index in [1.807, 2.05) is 0 Å². The van der Waals surface area contributed by atoms with Gasteiger partial charge in [-0.3, -0.25) is 0 Å². The number of hydrogen-bond acceptors (Lipinski definition) is 2. The van der Waals surface area contributed by atoms with Crippen LogP contribution < -0.4 is 5.32 Å². The van der Waals surface area contributed by atoms with Crippen LogP contribution >= 0.6 is 0 Å². The normalized spacial score (nSPS) is 13.6. The van der Waals surface area contributed by atoms with E-state index in [9.17, 15) is 13.2 Å². The van der Waals surface area contributed by atoms with Crippen molar-refractivity contribution < 1.29 is 17.9 Å². The molecule has 1 aromatic carbocycles. The summed E-state index contributed by atoms with van der Waals surface area (Å²) in [4.78, 5) is 0. The van der Waals surface area contributed by atoms with E-state index in [1.165, 1.54) is 0 Å². The highest BCUT2D eigenvalue weighted by atomic mass is 19.4. The van der Waals surface area contributed by atoms with Crippen molar-refractivity contribution in [1.82, 2.24) is 5.32 Å². The molecule has 0 radical (unpaired) electrons. The van der Waals surface area contributed by atoms with Crippen LogP contribution in [0.1, 0.15) is 24.4 Å². The summed E-state index contributed by atoms with van der Waals surface area (Å²) in [6.07, 6.45) is -4.34. The fourth-order valence-corrected chi connectivity index (χ4v) is 1.72. The van der Waals surface area contributed by atoms with Gasteiger partial charge in [0.15, 0.2) is 0 Å². The molecule has 0 bridgehead atoms. The smallest absolute Gasteiger partial charge is 0.385 e. The van der Waals surface area contributed by atoms with E-state index in [0.717, 1.165) is 0 Å². The summed E-state index contributed by atoms with van der Waals surface area (Å²) in [5.41, 5.74) is 0.659. The maximum atomic E-state index is 12.5. The summed E-state index contributed by atoms with van der Waals surface area (Å²) < 4.78 is 42.4. The predicted octanol–water partition coefficient (Wildman–Crippen LogP) is 3.31. The van der Waals surface area contributed by atoms with Crippen LogP contribution in [0, 0.1) is 0 Å². The van der Waals surface area contributed by atoms with Gasteiger partial charge in [0.1, 0.15) is 0 Å². The zero-order chi connectivity index (χ0) is 13.4. The van der Waals surface area contributed by atoms with E-state index in [1.54, 1.807) is 37.4 Å². The Morgan fingerprint density at radius 2 is 1.89 bits per heavy atom. The molecule has 0 saturated heterocycles. The van der Waals surface area contributed by atoms with Crippen LogP contribution in [0.15, 0.2) is 30.3 Å². The molecule has 0 amide bonds. The molecule has 18 heavy (non-hydrogen) atoms. The van der Waals surface area contributed by atoms with Gasteiger partial charge < -0.3 is 10.1 Å². The molecule has 0 heterocycles. The number of nitrogens with one attached hydrogen (secondary N) is 1. The Morgan fingerprint density at radius 1 is 1.22 bits per heavy atom. The molecule has 1 rings (SSSR count). The largest absolute Gasteiger partial charge is 0.390 e. The molecule has 0 aliphatic rings. The fourth-order valence-electron chi connectivity index (χ4n) is 1.72. The van der Waals surface area contributed by atoms with Gasteiger partial charge in [-0.15, -0.1) is 0 Å².